The van der Waals surface area contributed by atoms with E-state index >= 15 is 0 Å². The second kappa shape index (κ2) is 7.47. The van der Waals surface area contributed by atoms with Crippen molar-refractivity contribution in [3.8, 4) is 0 Å². The minimum Gasteiger partial charge on any atom is -1.00 e. The number of halogens is 2. The van der Waals surface area contributed by atoms with Gasteiger partial charge in [-0.3, -0.25) is 0 Å². The van der Waals surface area contributed by atoms with Gasteiger partial charge in [0, 0.05) is 12.1 Å². The molecule has 1 rings (SSSR count). The van der Waals surface area contributed by atoms with Gasteiger partial charge in [0.15, 0.2) is 6.20 Å². The number of hydrogen-bond donors (Lipinski definition) is 0. The molecular formula is C5H6Cl2KN. The Morgan fingerprint density at radius 1 is 1.44 bits per heavy atom. The summed E-state index contributed by atoms with van der Waals surface area (Å²) in [5.41, 5.74) is 0. The van der Waals surface area contributed by atoms with Crippen molar-refractivity contribution in [1.82, 2.24) is 0 Å². The van der Waals surface area contributed by atoms with Crippen molar-refractivity contribution in [2.24, 2.45) is 0 Å². The van der Waals surface area contributed by atoms with Gasteiger partial charge < -0.3 is 13.8 Å². The van der Waals surface area contributed by atoms with Crippen LogP contribution in [0.4, 0.5) is 0 Å². The number of pyridine rings is 1. The maximum atomic E-state index is 5.48. The fraction of sp³-hybridized carbons (Fsp3) is 0. The molecule has 0 unspecified atom stereocenters. The van der Waals surface area contributed by atoms with Gasteiger partial charge in [0.1, 0.15) is 0 Å². The molecule has 1 aromatic heterocycles. The molecule has 1 nitrogen and oxygen atoms in total. The fourth-order valence-corrected chi connectivity index (χ4v) is 0.507. The van der Waals surface area contributed by atoms with Crippen LogP contribution in [-0.2, 0) is 0 Å². The van der Waals surface area contributed by atoms with Gasteiger partial charge in [0.2, 0.25) is 0 Å². The summed E-state index contributed by atoms with van der Waals surface area (Å²) in [6, 6.07) is 5.55. The largest absolute Gasteiger partial charge is 1.00 e. The summed E-state index contributed by atoms with van der Waals surface area (Å²) >= 11 is 5.48. The zero-order chi connectivity index (χ0) is 5.11. The molecule has 4 heteroatoms. The van der Waals surface area contributed by atoms with Crippen LogP contribution in [0.3, 0.4) is 0 Å². The van der Waals surface area contributed by atoms with Crippen LogP contribution >= 0.6 is 11.6 Å². The molecule has 1 N–H and O–H groups in total. The van der Waals surface area contributed by atoms with Crippen molar-refractivity contribution in [3.05, 3.63) is 29.5 Å². The van der Waals surface area contributed by atoms with Gasteiger partial charge in [-0.2, -0.15) is 0 Å². The van der Waals surface area contributed by atoms with Crippen LogP contribution in [-0.4, -0.2) is 0 Å². The Balaban J connectivity index is -0.000000163. The van der Waals surface area contributed by atoms with E-state index in [-0.39, 0.29) is 65.2 Å². The Bertz CT molecular complexity index is 150. The Morgan fingerprint density at radius 3 is 2.33 bits per heavy atom. The number of H-pyrrole nitrogens is 1. The van der Waals surface area contributed by atoms with E-state index < -0.39 is 0 Å². The average Bonchev–Trinajstić information content (AvgIpc) is 1.69. The van der Waals surface area contributed by atoms with E-state index in [9.17, 15) is 0 Å². The molecule has 0 fully saturated rings. The zero-order valence-electron chi connectivity index (χ0n) is 6.07. The molecule has 0 aliphatic heterocycles. The SMILES string of the molecule is Clc1cccc[nH+]1.[Cl-].[H-].[K+]. The minimum absolute atomic E-state index is 0. The van der Waals surface area contributed by atoms with E-state index in [0.717, 1.165) is 0 Å². The predicted molar refractivity (Wildman–Crippen MR) is 29.1 cm³/mol. The Labute approximate surface area is 110 Å². The van der Waals surface area contributed by atoms with Gasteiger partial charge in [0.05, 0.1) is 0 Å². The summed E-state index contributed by atoms with van der Waals surface area (Å²) in [5.74, 6) is 0. The van der Waals surface area contributed by atoms with Crippen molar-refractivity contribution in [2.45, 2.75) is 0 Å². The van der Waals surface area contributed by atoms with Crippen LogP contribution in [0.25, 0.3) is 0 Å². The van der Waals surface area contributed by atoms with Gasteiger partial charge in [-0.25, -0.2) is 4.98 Å². The first-order valence-corrected chi connectivity index (χ1v) is 2.39. The second-order valence-corrected chi connectivity index (χ2v) is 1.62. The normalized spacial score (nSPS) is 6.78. The summed E-state index contributed by atoms with van der Waals surface area (Å²) < 4.78 is 0. The van der Waals surface area contributed by atoms with E-state index in [2.05, 4.69) is 4.98 Å². The second-order valence-electron chi connectivity index (χ2n) is 1.21. The molecule has 0 spiro atoms. The third kappa shape index (κ3) is 5.79. The van der Waals surface area contributed by atoms with Gasteiger partial charge in [-0.1, -0.05) is 0 Å². The van der Waals surface area contributed by atoms with Crippen LogP contribution in [0, 0.1) is 0 Å². The topological polar surface area (TPSA) is 14.1 Å². The minimum atomic E-state index is 0. The Hall–Kier alpha value is 1.37. The number of rotatable bonds is 0. The molecule has 46 valence electrons. The van der Waals surface area contributed by atoms with E-state index in [1.54, 1.807) is 12.3 Å². The average molecular weight is 190 g/mol. The van der Waals surface area contributed by atoms with Crippen LogP contribution in [0.15, 0.2) is 24.4 Å². The van der Waals surface area contributed by atoms with Crippen molar-refractivity contribution < 1.29 is 70.2 Å². The first-order valence-electron chi connectivity index (χ1n) is 2.02. The van der Waals surface area contributed by atoms with Crippen LogP contribution in [0.2, 0.25) is 5.15 Å². The molecule has 0 aromatic carbocycles. The molecule has 0 aliphatic rings. The summed E-state index contributed by atoms with van der Waals surface area (Å²) in [4.78, 5) is 2.80. The number of aromatic amines is 1. The molecule has 0 radical (unpaired) electrons. The quantitative estimate of drug-likeness (QED) is 0.288. The van der Waals surface area contributed by atoms with Gasteiger partial charge in [-0.15, -0.1) is 0 Å². The molecule has 9 heavy (non-hydrogen) atoms. The van der Waals surface area contributed by atoms with E-state index in [1.807, 2.05) is 12.1 Å². The summed E-state index contributed by atoms with van der Waals surface area (Å²) in [7, 11) is 0. The van der Waals surface area contributed by atoms with Crippen molar-refractivity contribution in [1.29, 1.82) is 0 Å². The van der Waals surface area contributed by atoms with Crippen molar-refractivity contribution in [2.75, 3.05) is 0 Å². The van der Waals surface area contributed by atoms with E-state index in [1.165, 1.54) is 0 Å². The zero-order valence-corrected chi connectivity index (χ0v) is 9.70. The maximum Gasteiger partial charge on any atom is 1.00 e. The van der Waals surface area contributed by atoms with Gasteiger partial charge in [-0.05, 0) is 17.7 Å². The Morgan fingerprint density at radius 2 is 2.11 bits per heavy atom. The molecule has 0 saturated heterocycles. The first kappa shape index (κ1) is 13.0. The first-order chi connectivity index (χ1) is 3.39. The maximum absolute atomic E-state index is 5.48. The molecule has 0 bridgehead atoms. The number of nitrogens with one attached hydrogen (secondary N) is 1. The fourth-order valence-electron chi connectivity index (χ4n) is 0.371. The van der Waals surface area contributed by atoms with Crippen molar-refractivity contribution in [3.63, 3.8) is 0 Å². The van der Waals surface area contributed by atoms with Crippen LogP contribution in [0.1, 0.15) is 1.43 Å². The molecule has 0 atom stereocenters. The summed E-state index contributed by atoms with van der Waals surface area (Å²) in [6.45, 7) is 0. The molecule has 1 heterocycles. The van der Waals surface area contributed by atoms with Gasteiger partial charge >= 0.3 is 51.4 Å². The van der Waals surface area contributed by atoms with E-state index in [4.69, 9.17) is 11.6 Å². The summed E-state index contributed by atoms with van der Waals surface area (Å²) in [5, 5.41) is 0.669. The third-order valence-electron chi connectivity index (χ3n) is 0.671. The standard InChI is InChI=1S/C5H4ClN.ClH.K.H/c6-5-3-1-2-4-7-5;;;/h1-4H;1H;;/q;;+1;-1. The third-order valence-corrected chi connectivity index (χ3v) is 0.906. The molecule has 1 aromatic rings. The smallest absolute Gasteiger partial charge is 1.00 e. The number of hydrogen-bond acceptors (Lipinski definition) is 0. The van der Waals surface area contributed by atoms with Crippen molar-refractivity contribution >= 4 is 11.6 Å². The molecule has 0 amide bonds. The summed E-state index contributed by atoms with van der Waals surface area (Å²) in [6.07, 6.45) is 1.78. The Kier molecular flexibility index (Phi) is 10.8. The molecule has 0 aliphatic carbocycles. The van der Waals surface area contributed by atoms with E-state index in [0.29, 0.717) is 5.15 Å². The van der Waals surface area contributed by atoms with Crippen LogP contribution < -0.4 is 68.8 Å². The van der Waals surface area contributed by atoms with Crippen LogP contribution in [0.5, 0.6) is 0 Å². The predicted octanol–water partition coefficient (Wildman–Crippen LogP) is -4.73. The molecular weight excluding hydrogens is 184 g/mol. The molecule has 0 saturated carbocycles. The van der Waals surface area contributed by atoms with Gasteiger partial charge in [0.25, 0.3) is 5.15 Å². The monoisotopic (exact) mass is 189 g/mol. The number of aromatic nitrogens is 1.